The van der Waals surface area contributed by atoms with Crippen LogP contribution in [0.2, 0.25) is 0 Å². The molecule has 2 N–H and O–H groups in total. The summed E-state index contributed by atoms with van der Waals surface area (Å²) in [4.78, 5) is 0. The van der Waals surface area contributed by atoms with Gasteiger partial charge in [0.1, 0.15) is 6.17 Å². The Kier molecular flexibility index (Phi) is 2.06. The number of hydrogen-bond acceptors (Lipinski definition) is 2. The van der Waals surface area contributed by atoms with E-state index in [-0.39, 0.29) is 0 Å². The summed E-state index contributed by atoms with van der Waals surface area (Å²) in [6, 6.07) is 0. The van der Waals surface area contributed by atoms with Crippen LogP contribution < -0.4 is 10.6 Å². The molecule has 0 bridgehead atoms. The molecule has 0 atom stereocenters. The molecule has 0 aliphatic carbocycles. The van der Waals surface area contributed by atoms with Crippen LogP contribution >= 0.6 is 0 Å². The summed E-state index contributed by atoms with van der Waals surface area (Å²) in [5, 5.41) is 6.38. The van der Waals surface area contributed by atoms with E-state index in [2.05, 4.69) is 17.2 Å². The van der Waals surface area contributed by atoms with Crippen molar-refractivity contribution in [1.82, 2.24) is 10.6 Å². The predicted octanol–water partition coefficient (Wildman–Crippen LogP) is 0.245. The SMILES string of the molecule is C=CC[C]1NCCN1. The Balaban J connectivity index is 2.14. The molecule has 1 radical (unpaired) electrons. The highest BCUT2D eigenvalue weighted by Gasteiger charge is 2.10. The van der Waals surface area contributed by atoms with Gasteiger partial charge in [0.25, 0.3) is 0 Å². The quantitative estimate of drug-likeness (QED) is 0.499. The third-order valence-corrected chi connectivity index (χ3v) is 1.15. The van der Waals surface area contributed by atoms with Crippen molar-refractivity contribution in [2.75, 3.05) is 13.1 Å². The van der Waals surface area contributed by atoms with E-state index in [1.807, 2.05) is 6.08 Å². The van der Waals surface area contributed by atoms with E-state index in [0.717, 1.165) is 19.5 Å². The van der Waals surface area contributed by atoms with Crippen molar-refractivity contribution in [3.8, 4) is 0 Å². The normalized spacial score (nSPS) is 21.5. The molecule has 0 amide bonds. The first-order valence-corrected chi connectivity index (χ1v) is 2.88. The molecule has 0 unspecified atom stereocenters. The Bertz CT molecular complexity index is 74.6. The molecular weight excluding hydrogens is 100 g/mol. The summed E-state index contributed by atoms with van der Waals surface area (Å²) in [7, 11) is 0. The smallest absolute Gasteiger partial charge is 0.105 e. The zero-order valence-electron chi connectivity index (χ0n) is 4.91. The Hall–Kier alpha value is -0.340. The molecular formula is C6H11N2. The van der Waals surface area contributed by atoms with Gasteiger partial charge in [-0.2, -0.15) is 0 Å². The minimum atomic E-state index is 0.944. The maximum absolute atomic E-state index is 3.62. The van der Waals surface area contributed by atoms with E-state index < -0.39 is 0 Å². The molecule has 45 valence electrons. The molecule has 1 rings (SSSR count). The van der Waals surface area contributed by atoms with Crippen molar-refractivity contribution >= 4 is 0 Å². The molecule has 8 heavy (non-hydrogen) atoms. The predicted molar refractivity (Wildman–Crippen MR) is 34.1 cm³/mol. The van der Waals surface area contributed by atoms with Gasteiger partial charge in [0.2, 0.25) is 0 Å². The maximum Gasteiger partial charge on any atom is 0.105 e. The molecule has 1 heterocycles. The van der Waals surface area contributed by atoms with Crippen molar-refractivity contribution < 1.29 is 0 Å². The van der Waals surface area contributed by atoms with Crippen molar-refractivity contribution in [1.29, 1.82) is 0 Å². The summed E-state index contributed by atoms with van der Waals surface area (Å²) < 4.78 is 0. The zero-order chi connectivity index (χ0) is 5.82. The summed E-state index contributed by atoms with van der Waals surface area (Å²) in [5.74, 6) is 0. The van der Waals surface area contributed by atoms with E-state index in [4.69, 9.17) is 0 Å². The van der Waals surface area contributed by atoms with Crippen molar-refractivity contribution in [2.45, 2.75) is 6.42 Å². The molecule has 0 aromatic rings. The second-order valence-corrected chi connectivity index (χ2v) is 1.82. The third-order valence-electron chi connectivity index (χ3n) is 1.15. The van der Waals surface area contributed by atoms with Gasteiger partial charge >= 0.3 is 0 Å². The summed E-state index contributed by atoms with van der Waals surface area (Å²) in [6.07, 6.45) is 4.04. The van der Waals surface area contributed by atoms with E-state index in [1.54, 1.807) is 0 Å². The second kappa shape index (κ2) is 2.84. The van der Waals surface area contributed by atoms with Gasteiger partial charge in [-0.1, -0.05) is 6.08 Å². The Morgan fingerprint density at radius 3 is 2.62 bits per heavy atom. The number of nitrogens with one attached hydrogen (secondary N) is 2. The molecule has 1 fully saturated rings. The van der Waals surface area contributed by atoms with Crippen LogP contribution in [0.1, 0.15) is 6.42 Å². The summed E-state index contributed by atoms with van der Waals surface area (Å²) >= 11 is 0. The number of hydrogen-bond donors (Lipinski definition) is 2. The van der Waals surface area contributed by atoms with Crippen molar-refractivity contribution in [3.05, 3.63) is 18.8 Å². The van der Waals surface area contributed by atoms with Gasteiger partial charge in [0.15, 0.2) is 0 Å². The first kappa shape index (κ1) is 5.79. The van der Waals surface area contributed by atoms with Gasteiger partial charge in [0.05, 0.1) is 0 Å². The standard InChI is InChI=1S/C6H11N2/c1-2-3-6-7-4-5-8-6/h2,7-8H,1,3-5H2. The average molecular weight is 111 g/mol. The lowest BCUT2D eigenvalue weighted by Crippen LogP contribution is -2.19. The monoisotopic (exact) mass is 111 g/mol. The fraction of sp³-hybridized carbons (Fsp3) is 0.500. The van der Waals surface area contributed by atoms with Gasteiger partial charge in [-0.3, -0.25) is 10.6 Å². The van der Waals surface area contributed by atoms with Gasteiger partial charge < -0.3 is 0 Å². The minimum absolute atomic E-state index is 0.944. The molecule has 1 aliphatic rings. The van der Waals surface area contributed by atoms with Crippen LogP contribution in [0.4, 0.5) is 0 Å². The van der Waals surface area contributed by atoms with E-state index >= 15 is 0 Å². The molecule has 0 saturated carbocycles. The van der Waals surface area contributed by atoms with Crippen LogP contribution in [0.15, 0.2) is 12.7 Å². The van der Waals surface area contributed by atoms with Crippen LogP contribution in [-0.2, 0) is 0 Å². The highest BCUT2D eigenvalue weighted by atomic mass is 15.2. The van der Waals surface area contributed by atoms with Crippen LogP contribution in [0.3, 0.4) is 0 Å². The Labute approximate surface area is 50.0 Å². The highest BCUT2D eigenvalue weighted by Crippen LogP contribution is 1.99. The second-order valence-electron chi connectivity index (χ2n) is 1.82. The van der Waals surface area contributed by atoms with Crippen molar-refractivity contribution in [3.63, 3.8) is 0 Å². The maximum atomic E-state index is 3.62. The van der Waals surface area contributed by atoms with Crippen LogP contribution in [0.5, 0.6) is 0 Å². The Morgan fingerprint density at radius 1 is 1.50 bits per heavy atom. The van der Waals surface area contributed by atoms with Crippen molar-refractivity contribution in [2.24, 2.45) is 0 Å². The topological polar surface area (TPSA) is 24.1 Å². The zero-order valence-corrected chi connectivity index (χ0v) is 4.91. The molecule has 0 aromatic carbocycles. The fourth-order valence-corrected chi connectivity index (χ4v) is 0.778. The van der Waals surface area contributed by atoms with Crippen LogP contribution in [-0.4, -0.2) is 13.1 Å². The molecule has 0 spiro atoms. The Morgan fingerprint density at radius 2 is 2.12 bits per heavy atom. The molecule has 2 nitrogen and oxygen atoms in total. The van der Waals surface area contributed by atoms with E-state index in [1.165, 1.54) is 6.17 Å². The lowest BCUT2D eigenvalue weighted by molar-refractivity contribution is 0.729. The lowest BCUT2D eigenvalue weighted by Gasteiger charge is -2.02. The molecule has 1 saturated heterocycles. The van der Waals surface area contributed by atoms with Crippen LogP contribution in [0, 0.1) is 6.17 Å². The van der Waals surface area contributed by atoms with Gasteiger partial charge in [-0.25, -0.2) is 0 Å². The number of rotatable bonds is 2. The summed E-state index contributed by atoms with van der Waals surface area (Å²) in [6.45, 7) is 5.74. The van der Waals surface area contributed by atoms with Gasteiger partial charge in [0, 0.05) is 13.1 Å². The first-order chi connectivity index (χ1) is 3.93. The summed E-state index contributed by atoms with van der Waals surface area (Å²) in [5.41, 5.74) is 0. The average Bonchev–Trinajstić information content (AvgIpc) is 2.19. The van der Waals surface area contributed by atoms with Gasteiger partial charge in [-0.15, -0.1) is 6.58 Å². The minimum Gasteiger partial charge on any atom is -0.295 e. The fourth-order valence-electron chi connectivity index (χ4n) is 0.778. The van der Waals surface area contributed by atoms with Crippen LogP contribution in [0.25, 0.3) is 0 Å². The third kappa shape index (κ3) is 1.32. The van der Waals surface area contributed by atoms with E-state index in [0.29, 0.717) is 0 Å². The largest absolute Gasteiger partial charge is 0.295 e. The highest BCUT2D eigenvalue weighted by molar-refractivity contribution is 4.95. The first-order valence-electron chi connectivity index (χ1n) is 2.88. The lowest BCUT2D eigenvalue weighted by atomic mass is 10.3. The van der Waals surface area contributed by atoms with Gasteiger partial charge in [-0.05, 0) is 6.42 Å². The molecule has 0 aromatic heterocycles. The molecule has 2 heteroatoms. The molecule has 1 aliphatic heterocycles. The van der Waals surface area contributed by atoms with E-state index in [9.17, 15) is 0 Å².